The van der Waals surface area contributed by atoms with Crippen LogP contribution in [-0.4, -0.2) is 29.5 Å². The lowest BCUT2D eigenvalue weighted by Crippen LogP contribution is -2.16. The van der Waals surface area contributed by atoms with Crippen molar-refractivity contribution in [1.82, 2.24) is 0 Å². The predicted octanol–water partition coefficient (Wildman–Crippen LogP) is 5.07. The minimum absolute atomic E-state index is 0.0289. The van der Waals surface area contributed by atoms with Crippen LogP contribution in [0.2, 0.25) is 0 Å². The maximum atomic E-state index is 10.8. The molecule has 126 valence electrons. The van der Waals surface area contributed by atoms with E-state index in [-0.39, 0.29) is 18.9 Å². The molecule has 1 saturated carbocycles. The normalized spacial score (nSPS) is 12.8. The van der Waals surface area contributed by atoms with Crippen LogP contribution < -0.4 is 0 Å². The zero-order valence-electron chi connectivity index (χ0n) is 14.4. The van der Waals surface area contributed by atoms with E-state index < -0.39 is 12.6 Å². The summed E-state index contributed by atoms with van der Waals surface area (Å²) in [5.41, 5.74) is 0. The van der Waals surface area contributed by atoms with Crippen molar-refractivity contribution in [3.8, 4) is 0 Å². The summed E-state index contributed by atoms with van der Waals surface area (Å²) in [5, 5.41) is 16.4. The molecule has 1 fully saturated rings. The van der Waals surface area contributed by atoms with Crippen molar-refractivity contribution >= 4 is 5.97 Å². The van der Waals surface area contributed by atoms with Gasteiger partial charge in [-0.25, -0.2) is 0 Å². The highest BCUT2D eigenvalue weighted by atomic mass is 19.1. The lowest BCUT2D eigenvalue weighted by Gasteiger charge is -2.16. The third-order valence-corrected chi connectivity index (χ3v) is 2.25. The molecule has 0 aromatic heterocycles. The summed E-state index contributed by atoms with van der Waals surface area (Å²) in [5.74, 6) is -0.631. The Morgan fingerprint density at radius 2 is 1.40 bits per heavy atom. The second-order valence-corrected chi connectivity index (χ2v) is 3.44. The fraction of sp³-hybridized carbons (Fsp3) is 0.938. The largest absolute Gasteiger partial charge is 0.481 e. The summed E-state index contributed by atoms with van der Waals surface area (Å²) in [6.45, 7) is 11.6. The number of halogens is 1. The number of rotatable bonds is 3. The quantitative estimate of drug-likeness (QED) is 0.764. The Hall–Kier alpha value is -0.640. The highest BCUT2D eigenvalue weighted by Crippen LogP contribution is 2.23. The summed E-state index contributed by atoms with van der Waals surface area (Å²) in [6, 6.07) is 0. The van der Waals surface area contributed by atoms with Gasteiger partial charge in [-0.2, -0.15) is 0 Å². The number of alkyl halides is 1. The minimum Gasteiger partial charge on any atom is -0.481 e. The Bertz CT molecular complexity index is 145. The van der Waals surface area contributed by atoms with Crippen LogP contribution in [0, 0.1) is 5.92 Å². The highest BCUT2D eigenvalue weighted by Gasteiger charge is 2.19. The molecule has 4 heteroatoms. The molecule has 3 nitrogen and oxygen atoms in total. The molecule has 0 amide bonds. The van der Waals surface area contributed by atoms with Gasteiger partial charge in [-0.3, -0.25) is 9.18 Å². The summed E-state index contributed by atoms with van der Waals surface area (Å²) in [7, 11) is 0. The molecular weight excluding hydrogens is 259 g/mol. The first-order valence-electron chi connectivity index (χ1n) is 8.12. The second kappa shape index (κ2) is 31.0. The van der Waals surface area contributed by atoms with E-state index in [0.29, 0.717) is 0 Å². The Labute approximate surface area is 125 Å². The van der Waals surface area contributed by atoms with E-state index in [1.807, 2.05) is 41.5 Å². The Morgan fingerprint density at radius 1 is 1.00 bits per heavy atom. The predicted molar refractivity (Wildman–Crippen MR) is 85.9 cm³/mol. The third-order valence-electron chi connectivity index (χ3n) is 2.25. The number of carbonyl (C=O) groups is 1. The molecule has 0 bridgehead atoms. The first kappa shape index (κ1) is 27.7. The molecular formula is C16H37FO3. The van der Waals surface area contributed by atoms with Crippen LogP contribution in [0.4, 0.5) is 4.39 Å². The first-order valence-corrected chi connectivity index (χ1v) is 8.12. The molecule has 20 heavy (non-hydrogen) atoms. The maximum Gasteiger partial charge on any atom is 0.306 e. The van der Waals surface area contributed by atoms with E-state index in [1.54, 1.807) is 0 Å². The van der Waals surface area contributed by atoms with Gasteiger partial charge in [-0.05, 0) is 19.3 Å². The van der Waals surface area contributed by atoms with Crippen molar-refractivity contribution in [3.05, 3.63) is 0 Å². The van der Waals surface area contributed by atoms with E-state index in [2.05, 4.69) is 0 Å². The number of carboxylic acid groups (broad SMARTS) is 1. The second-order valence-electron chi connectivity index (χ2n) is 3.44. The fourth-order valence-electron chi connectivity index (χ4n) is 1.41. The van der Waals surface area contributed by atoms with Crippen LogP contribution in [0.25, 0.3) is 0 Å². The van der Waals surface area contributed by atoms with Gasteiger partial charge in [0.15, 0.2) is 0 Å². The number of aliphatic carboxylic acids is 1. The molecule has 0 saturated heterocycles. The molecule has 0 spiro atoms. The molecule has 0 aromatic rings. The summed E-state index contributed by atoms with van der Waals surface area (Å²) in [4.78, 5) is 10.4. The molecule has 1 aliphatic carbocycles. The number of aliphatic hydroxyl groups excluding tert-OH is 1. The lowest BCUT2D eigenvalue weighted by atomic mass is 9.90. The van der Waals surface area contributed by atoms with Crippen molar-refractivity contribution < 1.29 is 19.4 Å². The molecule has 0 heterocycles. The van der Waals surface area contributed by atoms with Crippen LogP contribution in [-0.2, 0) is 4.79 Å². The molecule has 0 aliphatic heterocycles. The molecule has 0 radical (unpaired) electrons. The van der Waals surface area contributed by atoms with Crippen molar-refractivity contribution in [3.63, 3.8) is 0 Å². The standard InChI is InChI=1S/C7H12O2.C3H7FO.3C2H6/c8-7(9)6-4-2-1-3-5-6;4-2-1-3-5;3*1-2/h6H,1-5H2,(H,8,9);5H,1-3H2;3*1-2H3. The third kappa shape index (κ3) is 26.0. The van der Waals surface area contributed by atoms with Gasteiger partial charge < -0.3 is 10.2 Å². The van der Waals surface area contributed by atoms with E-state index in [1.165, 1.54) is 6.42 Å². The smallest absolute Gasteiger partial charge is 0.306 e. The van der Waals surface area contributed by atoms with Crippen molar-refractivity contribution in [2.75, 3.05) is 13.3 Å². The van der Waals surface area contributed by atoms with E-state index in [9.17, 15) is 9.18 Å². The van der Waals surface area contributed by atoms with Gasteiger partial charge in [-0.1, -0.05) is 60.8 Å². The van der Waals surface area contributed by atoms with Crippen LogP contribution in [0.5, 0.6) is 0 Å². The first-order chi connectivity index (χ1) is 9.72. The van der Waals surface area contributed by atoms with E-state index >= 15 is 0 Å². The molecule has 1 rings (SSSR count). The highest BCUT2D eigenvalue weighted by molar-refractivity contribution is 5.69. The fourth-order valence-corrected chi connectivity index (χ4v) is 1.41. The molecule has 0 aromatic carbocycles. The summed E-state index contributed by atoms with van der Waals surface area (Å²) in [6.07, 6.45) is 5.52. The lowest BCUT2D eigenvalue weighted by molar-refractivity contribution is -0.142. The van der Waals surface area contributed by atoms with E-state index in [0.717, 1.165) is 25.7 Å². The number of aliphatic hydroxyl groups is 1. The monoisotopic (exact) mass is 296 g/mol. The Kier molecular flexibility index (Phi) is 42.9. The zero-order valence-corrected chi connectivity index (χ0v) is 14.4. The number of hydrogen-bond donors (Lipinski definition) is 2. The van der Waals surface area contributed by atoms with Gasteiger partial charge in [0.05, 0.1) is 12.6 Å². The van der Waals surface area contributed by atoms with Gasteiger partial charge in [0.2, 0.25) is 0 Å². The van der Waals surface area contributed by atoms with Crippen molar-refractivity contribution in [1.29, 1.82) is 0 Å². The average molecular weight is 296 g/mol. The van der Waals surface area contributed by atoms with Crippen molar-refractivity contribution in [2.24, 2.45) is 5.92 Å². The zero-order chi connectivity index (χ0) is 16.8. The Morgan fingerprint density at radius 3 is 1.55 bits per heavy atom. The molecule has 1 aliphatic rings. The van der Waals surface area contributed by atoms with Gasteiger partial charge >= 0.3 is 5.97 Å². The van der Waals surface area contributed by atoms with Crippen LogP contribution in [0.1, 0.15) is 80.1 Å². The van der Waals surface area contributed by atoms with Gasteiger partial charge in [0.25, 0.3) is 0 Å². The number of carboxylic acids is 1. The van der Waals surface area contributed by atoms with Crippen molar-refractivity contribution in [2.45, 2.75) is 80.1 Å². The molecule has 2 N–H and O–H groups in total. The number of hydrogen-bond acceptors (Lipinski definition) is 2. The van der Waals surface area contributed by atoms with Gasteiger partial charge in [-0.15, -0.1) is 0 Å². The summed E-state index contributed by atoms with van der Waals surface area (Å²) < 4.78 is 10.8. The Balaban J connectivity index is -0.000000100. The van der Waals surface area contributed by atoms with Crippen LogP contribution in [0.15, 0.2) is 0 Å². The molecule has 0 atom stereocenters. The minimum atomic E-state index is -0.602. The molecule has 0 unspecified atom stereocenters. The topological polar surface area (TPSA) is 57.5 Å². The van der Waals surface area contributed by atoms with E-state index in [4.69, 9.17) is 10.2 Å². The van der Waals surface area contributed by atoms with Crippen LogP contribution >= 0.6 is 0 Å². The average Bonchev–Trinajstić information content (AvgIpc) is 2.55. The van der Waals surface area contributed by atoms with Gasteiger partial charge in [0.1, 0.15) is 0 Å². The SMILES string of the molecule is CC.CC.CC.O=C(O)C1CCCCC1.OCCCF. The van der Waals surface area contributed by atoms with Crippen LogP contribution in [0.3, 0.4) is 0 Å². The van der Waals surface area contributed by atoms with Gasteiger partial charge in [0, 0.05) is 6.61 Å². The maximum absolute atomic E-state index is 10.8. The summed E-state index contributed by atoms with van der Waals surface area (Å²) >= 11 is 0.